The molecule has 1 N–H and O–H groups in total. The number of nitrogens with one attached hydrogen (secondary N) is 1. The predicted molar refractivity (Wildman–Crippen MR) is 95.8 cm³/mol. The summed E-state index contributed by atoms with van der Waals surface area (Å²) in [6.45, 7) is 4.07. The molecule has 1 aromatic rings. The van der Waals surface area contributed by atoms with E-state index in [0.29, 0.717) is 26.1 Å². The van der Waals surface area contributed by atoms with Gasteiger partial charge in [-0.1, -0.05) is 6.07 Å². The van der Waals surface area contributed by atoms with Gasteiger partial charge in [-0.25, -0.2) is 0 Å². The maximum atomic E-state index is 12.4. The maximum Gasteiger partial charge on any atom is 0.241 e. The number of amides is 3. The Morgan fingerprint density at radius 2 is 2.15 bits per heavy atom. The van der Waals surface area contributed by atoms with Gasteiger partial charge in [0.15, 0.2) is 0 Å². The highest BCUT2D eigenvalue weighted by atomic mass is 16.2. The number of aromatic nitrogens is 1. The van der Waals surface area contributed by atoms with Crippen molar-refractivity contribution in [2.75, 3.05) is 26.2 Å². The molecule has 3 rings (SSSR count). The van der Waals surface area contributed by atoms with Crippen molar-refractivity contribution in [2.24, 2.45) is 5.41 Å². The van der Waals surface area contributed by atoms with Gasteiger partial charge in [-0.15, -0.1) is 0 Å². The van der Waals surface area contributed by atoms with E-state index < -0.39 is 0 Å². The second-order valence-corrected chi connectivity index (χ2v) is 7.44. The van der Waals surface area contributed by atoms with E-state index in [1.54, 1.807) is 12.4 Å². The zero-order valence-corrected chi connectivity index (χ0v) is 15.2. The van der Waals surface area contributed by atoms with Crippen molar-refractivity contribution < 1.29 is 14.4 Å². The molecule has 0 radical (unpaired) electrons. The van der Waals surface area contributed by atoms with E-state index in [1.807, 2.05) is 21.9 Å². The van der Waals surface area contributed by atoms with Crippen LogP contribution in [0.5, 0.6) is 0 Å². The van der Waals surface area contributed by atoms with Gasteiger partial charge in [0.05, 0.1) is 6.54 Å². The van der Waals surface area contributed by atoms with Gasteiger partial charge < -0.3 is 15.1 Å². The number of likely N-dealkylation sites (tertiary alicyclic amines) is 2. The summed E-state index contributed by atoms with van der Waals surface area (Å²) in [6, 6.07) is 3.86. The molecule has 7 heteroatoms. The normalized spacial score (nSPS) is 23.2. The summed E-state index contributed by atoms with van der Waals surface area (Å²) in [5.74, 6) is -0.0767. The summed E-state index contributed by atoms with van der Waals surface area (Å²) in [4.78, 5) is 43.7. The van der Waals surface area contributed by atoms with Crippen LogP contribution in [0, 0.1) is 5.41 Å². The van der Waals surface area contributed by atoms with Gasteiger partial charge in [0.25, 0.3) is 0 Å². The Morgan fingerprint density at radius 1 is 1.31 bits per heavy atom. The molecule has 3 amide bonds. The first-order valence-electron chi connectivity index (χ1n) is 9.16. The van der Waals surface area contributed by atoms with Crippen LogP contribution in [-0.2, 0) is 20.9 Å². The number of hydrogen-bond donors (Lipinski definition) is 1. The highest BCUT2D eigenvalue weighted by molar-refractivity contribution is 5.84. The van der Waals surface area contributed by atoms with Crippen molar-refractivity contribution in [1.82, 2.24) is 20.1 Å². The summed E-state index contributed by atoms with van der Waals surface area (Å²) in [5.41, 5.74) is 0.979. The van der Waals surface area contributed by atoms with Crippen LogP contribution in [0.4, 0.5) is 0 Å². The first-order chi connectivity index (χ1) is 12.5. The molecule has 3 heterocycles. The molecule has 2 fully saturated rings. The lowest BCUT2D eigenvalue weighted by atomic mass is 9.73. The van der Waals surface area contributed by atoms with Crippen LogP contribution in [-0.4, -0.2) is 58.7 Å². The second kappa shape index (κ2) is 7.85. The Labute approximate surface area is 153 Å². The van der Waals surface area contributed by atoms with E-state index in [0.717, 1.165) is 31.4 Å². The summed E-state index contributed by atoms with van der Waals surface area (Å²) in [5, 5.41) is 2.58. The van der Waals surface area contributed by atoms with Crippen LogP contribution in [0.15, 0.2) is 24.5 Å². The Bertz CT molecular complexity index is 679. The fourth-order valence-corrected chi connectivity index (χ4v) is 4.02. The van der Waals surface area contributed by atoms with Gasteiger partial charge in [-0.3, -0.25) is 19.4 Å². The fourth-order valence-electron chi connectivity index (χ4n) is 4.02. The summed E-state index contributed by atoms with van der Waals surface area (Å²) < 4.78 is 0. The highest BCUT2D eigenvalue weighted by Gasteiger charge is 2.42. The van der Waals surface area contributed by atoms with Crippen molar-refractivity contribution in [3.05, 3.63) is 30.1 Å². The lowest BCUT2D eigenvalue weighted by molar-refractivity contribution is -0.143. The summed E-state index contributed by atoms with van der Waals surface area (Å²) >= 11 is 0. The van der Waals surface area contributed by atoms with Crippen molar-refractivity contribution in [3.63, 3.8) is 0 Å². The number of piperidine rings is 2. The van der Waals surface area contributed by atoms with Crippen LogP contribution in [0.25, 0.3) is 0 Å². The lowest BCUT2D eigenvalue weighted by Gasteiger charge is -2.48. The molecule has 0 unspecified atom stereocenters. The molecule has 26 heavy (non-hydrogen) atoms. The maximum absolute atomic E-state index is 12.4. The van der Waals surface area contributed by atoms with Crippen molar-refractivity contribution in [1.29, 1.82) is 0 Å². The van der Waals surface area contributed by atoms with E-state index in [9.17, 15) is 14.4 Å². The molecule has 2 aliphatic heterocycles. The van der Waals surface area contributed by atoms with Crippen LogP contribution < -0.4 is 5.32 Å². The number of carbonyl (C=O) groups is 3. The molecule has 0 saturated carbocycles. The molecule has 7 nitrogen and oxygen atoms in total. The first-order valence-corrected chi connectivity index (χ1v) is 9.16. The Balaban J connectivity index is 1.65. The van der Waals surface area contributed by atoms with E-state index in [1.165, 1.54) is 6.92 Å². The van der Waals surface area contributed by atoms with Gasteiger partial charge in [-0.05, 0) is 30.9 Å². The van der Waals surface area contributed by atoms with Gasteiger partial charge >= 0.3 is 0 Å². The molecule has 1 spiro atoms. The van der Waals surface area contributed by atoms with Crippen LogP contribution in [0.2, 0.25) is 0 Å². The van der Waals surface area contributed by atoms with E-state index >= 15 is 0 Å². The molecular weight excluding hydrogens is 332 g/mol. The zero-order valence-electron chi connectivity index (χ0n) is 15.2. The monoisotopic (exact) mass is 358 g/mol. The third-order valence-corrected chi connectivity index (χ3v) is 5.35. The molecule has 2 aliphatic rings. The third kappa shape index (κ3) is 4.39. The minimum absolute atomic E-state index is 0.0414. The molecule has 0 aromatic carbocycles. The number of pyridine rings is 1. The Morgan fingerprint density at radius 3 is 2.88 bits per heavy atom. The molecule has 1 atom stereocenters. The minimum atomic E-state index is -0.198. The quantitative estimate of drug-likeness (QED) is 0.869. The first kappa shape index (κ1) is 18.4. The molecule has 0 aliphatic carbocycles. The van der Waals surface area contributed by atoms with Crippen LogP contribution in [0.3, 0.4) is 0 Å². The van der Waals surface area contributed by atoms with Gasteiger partial charge in [0.2, 0.25) is 17.7 Å². The van der Waals surface area contributed by atoms with E-state index in [4.69, 9.17) is 0 Å². The average molecular weight is 358 g/mol. The van der Waals surface area contributed by atoms with Gasteiger partial charge in [0, 0.05) is 57.3 Å². The topological polar surface area (TPSA) is 82.6 Å². The molecule has 0 bridgehead atoms. The SMILES string of the molecule is CC(=O)NCC(=O)N1CCC[C@@]2(CCC(=O)N(Cc3cccnc3)C2)C1. The fraction of sp³-hybridized carbons (Fsp3) is 0.579. The number of rotatable bonds is 4. The second-order valence-electron chi connectivity index (χ2n) is 7.44. The lowest BCUT2D eigenvalue weighted by Crippen LogP contribution is -2.55. The van der Waals surface area contributed by atoms with Crippen molar-refractivity contribution in [2.45, 2.75) is 39.2 Å². The van der Waals surface area contributed by atoms with E-state index in [2.05, 4.69) is 10.3 Å². The summed E-state index contributed by atoms with van der Waals surface area (Å²) in [6.07, 6.45) is 6.81. The van der Waals surface area contributed by atoms with Gasteiger partial charge in [-0.2, -0.15) is 0 Å². The molecular formula is C19H26N4O3. The van der Waals surface area contributed by atoms with E-state index in [-0.39, 0.29) is 29.7 Å². The summed E-state index contributed by atoms with van der Waals surface area (Å²) in [7, 11) is 0. The predicted octanol–water partition coefficient (Wildman–Crippen LogP) is 0.949. The number of hydrogen-bond acceptors (Lipinski definition) is 4. The van der Waals surface area contributed by atoms with Crippen LogP contribution in [0.1, 0.15) is 38.2 Å². The molecule has 2 saturated heterocycles. The highest BCUT2D eigenvalue weighted by Crippen LogP contribution is 2.39. The average Bonchev–Trinajstić information content (AvgIpc) is 2.64. The molecule has 1 aromatic heterocycles. The minimum Gasteiger partial charge on any atom is -0.347 e. The Hall–Kier alpha value is -2.44. The number of carbonyl (C=O) groups excluding carboxylic acids is 3. The zero-order chi connectivity index (χ0) is 18.6. The number of nitrogens with zero attached hydrogens (tertiary/aromatic N) is 3. The van der Waals surface area contributed by atoms with Crippen molar-refractivity contribution >= 4 is 17.7 Å². The van der Waals surface area contributed by atoms with Crippen LogP contribution >= 0.6 is 0 Å². The van der Waals surface area contributed by atoms with Gasteiger partial charge in [0.1, 0.15) is 0 Å². The van der Waals surface area contributed by atoms with Crippen molar-refractivity contribution in [3.8, 4) is 0 Å². The third-order valence-electron chi connectivity index (χ3n) is 5.35. The standard InChI is InChI=1S/C19H26N4O3/c1-15(24)21-11-18(26)22-9-3-6-19(13-22)7-5-17(25)23(14-19)12-16-4-2-8-20-10-16/h2,4,8,10H,3,5-7,9,11-14H2,1H3,(H,21,24)/t19-/m1/s1. The Kier molecular flexibility index (Phi) is 5.54. The molecule has 140 valence electrons. The smallest absolute Gasteiger partial charge is 0.241 e. The largest absolute Gasteiger partial charge is 0.347 e.